The van der Waals surface area contributed by atoms with E-state index in [9.17, 15) is 0 Å². The molecule has 1 N–H and O–H groups in total. The molecule has 0 unspecified atom stereocenters. The normalized spacial score (nSPS) is 10.7. The van der Waals surface area contributed by atoms with E-state index in [2.05, 4.69) is 35.6 Å². The quantitative estimate of drug-likeness (QED) is 0.452. The molecule has 1 heterocycles. The molecule has 0 amide bonds. The first kappa shape index (κ1) is 18.8. The molecule has 0 aliphatic rings. The fraction of sp³-hybridized carbons (Fsp3) is 0.160. The molecule has 0 saturated heterocycles. The molecule has 0 aliphatic carbocycles. The van der Waals surface area contributed by atoms with Crippen LogP contribution in [-0.2, 0) is 6.42 Å². The van der Waals surface area contributed by atoms with Gasteiger partial charge >= 0.3 is 0 Å². The van der Waals surface area contributed by atoms with Gasteiger partial charge in [0.05, 0.1) is 25.4 Å². The van der Waals surface area contributed by atoms with E-state index in [1.165, 1.54) is 5.56 Å². The van der Waals surface area contributed by atoms with Crippen LogP contribution in [0.5, 0.6) is 11.5 Å². The third kappa shape index (κ3) is 4.32. The predicted octanol–water partition coefficient (Wildman–Crippen LogP) is 5.57. The van der Waals surface area contributed by atoms with Crippen LogP contribution in [0.25, 0.3) is 22.2 Å². The summed E-state index contributed by atoms with van der Waals surface area (Å²) in [5.41, 5.74) is 5.35. The van der Waals surface area contributed by atoms with E-state index in [1.807, 2.05) is 48.5 Å². The van der Waals surface area contributed by atoms with E-state index in [0.717, 1.165) is 52.3 Å². The molecule has 146 valence electrons. The van der Waals surface area contributed by atoms with Crippen molar-refractivity contribution in [3.05, 3.63) is 84.4 Å². The van der Waals surface area contributed by atoms with E-state index in [4.69, 9.17) is 14.5 Å². The lowest BCUT2D eigenvalue weighted by Gasteiger charge is -2.13. The molecule has 0 spiro atoms. The summed E-state index contributed by atoms with van der Waals surface area (Å²) in [5.74, 6) is 1.72. The molecule has 0 saturated carbocycles. The molecule has 4 aromatic rings. The molecule has 3 aromatic carbocycles. The highest BCUT2D eigenvalue weighted by atomic mass is 16.5. The fourth-order valence-electron chi connectivity index (χ4n) is 3.37. The topological polar surface area (TPSA) is 43.4 Å². The molecule has 0 atom stereocenters. The van der Waals surface area contributed by atoms with Crippen molar-refractivity contribution >= 4 is 16.6 Å². The highest BCUT2D eigenvalue weighted by molar-refractivity contribution is 5.93. The maximum Gasteiger partial charge on any atom is 0.118 e. The van der Waals surface area contributed by atoms with Crippen LogP contribution >= 0.6 is 0 Å². The number of benzene rings is 3. The van der Waals surface area contributed by atoms with Crippen LogP contribution in [0.4, 0.5) is 5.69 Å². The van der Waals surface area contributed by atoms with Gasteiger partial charge in [-0.15, -0.1) is 0 Å². The summed E-state index contributed by atoms with van der Waals surface area (Å²) >= 11 is 0. The summed E-state index contributed by atoms with van der Waals surface area (Å²) in [6, 6.07) is 26.6. The number of nitrogens with zero attached hydrogens (tertiary/aromatic N) is 1. The van der Waals surface area contributed by atoms with Crippen LogP contribution < -0.4 is 14.8 Å². The number of hydrogen-bond acceptors (Lipinski definition) is 4. The summed E-state index contributed by atoms with van der Waals surface area (Å²) < 4.78 is 10.5. The number of aromatic nitrogens is 1. The van der Waals surface area contributed by atoms with Crippen molar-refractivity contribution in [2.75, 3.05) is 26.1 Å². The Kier molecular flexibility index (Phi) is 5.61. The standard InChI is InChI=1S/C25H24N2O2/c1-28-20-11-7-18(8-12-20)15-16-26-25-17-24(19-9-13-21(29-2)14-10-19)27-23-6-4-3-5-22(23)25/h3-14,17H,15-16H2,1-2H3,(H,26,27). The highest BCUT2D eigenvalue weighted by Crippen LogP contribution is 2.29. The Morgan fingerprint density at radius 3 is 2.14 bits per heavy atom. The van der Waals surface area contributed by atoms with Crippen molar-refractivity contribution < 1.29 is 9.47 Å². The summed E-state index contributed by atoms with van der Waals surface area (Å²) in [6.45, 7) is 0.836. The third-order valence-corrected chi connectivity index (χ3v) is 4.99. The maximum absolute atomic E-state index is 5.27. The molecule has 0 bridgehead atoms. The number of para-hydroxylation sites is 1. The Morgan fingerprint density at radius 1 is 0.793 bits per heavy atom. The number of fused-ring (bicyclic) bond motifs is 1. The number of hydrogen-bond donors (Lipinski definition) is 1. The first-order valence-electron chi connectivity index (χ1n) is 9.68. The van der Waals surface area contributed by atoms with Crippen LogP contribution in [0.3, 0.4) is 0 Å². The maximum atomic E-state index is 5.27. The van der Waals surface area contributed by atoms with E-state index in [-0.39, 0.29) is 0 Å². The van der Waals surface area contributed by atoms with Crippen LogP contribution in [0.1, 0.15) is 5.56 Å². The number of anilines is 1. The van der Waals surface area contributed by atoms with Gasteiger partial charge in [-0.05, 0) is 60.5 Å². The Balaban J connectivity index is 1.58. The summed E-state index contributed by atoms with van der Waals surface area (Å²) in [7, 11) is 3.36. The minimum atomic E-state index is 0.836. The zero-order chi connectivity index (χ0) is 20.1. The zero-order valence-corrected chi connectivity index (χ0v) is 16.7. The smallest absolute Gasteiger partial charge is 0.118 e. The predicted molar refractivity (Wildman–Crippen MR) is 119 cm³/mol. The van der Waals surface area contributed by atoms with Gasteiger partial charge in [0.2, 0.25) is 0 Å². The van der Waals surface area contributed by atoms with Crippen molar-refractivity contribution in [1.82, 2.24) is 4.98 Å². The lowest BCUT2D eigenvalue weighted by Crippen LogP contribution is -2.06. The number of nitrogens with one attached hydrogen (secondary N) is 1. The first-order valence-corrected chi connectivity index (χ1v) is 9.68. The van der Waals surface area contributed by atoms with Crippen LogP contribution in [0, 0.1) is 0 Å². The second kappa shape index (κ2) is 8.65. The van der Waals surface area contributed by atoms with Gasteiger partial charge < -0.3 is 14.8 Å². The van der Waals surface area contributed by atoms with Gasteiger partial charge in [-0.2, -0.15) is 0 Å². The average Bonchev–Trinajstić information content (AvgIpc) is 2.79. The molecule has 4 heteroatoms. The Hall–Kier alpha value is -3.53. The van der Waals surface area contributed by atoms with Crippen LogP contribution in [0.2, 0.25) is 0 Å². The lowest BCUT2D eigenvalue weighted by atomic mass is 10.1. The Labute approximate surface area is 171 Å². The number of methoxy groups -OCH3 is 2. The zero-order valence-electron chi connectivity index (χ0n) is 16.7. The van der Waals surface area contributed by atoms with E-state index < -0.39 is 0 Å². The van der Waals surface area contributed by atoms with Crippen molar-refractivity contribution in [3.63, 3.8) is 0 Å². The summed E-state index contributed by atoms with van der Waals surface area (Å²) in [4.78, 5) is 4.85. The summed E-state index contributed by atoms with van der Waals surface area (Å²) in [5, 5.41) is 4.73. The molecular weight excluding hydrogens is 360 g/mol. The Morgan fingerprint density at radius 2 is 1.45 bits per heavy atom. The largest absolute Gasteiger partial charge is 0.497 e. The van der Waals surface area contributed by atoms with Gasteiger partial charge in [-0.25, -0.2) is 4.98 Å². The number of pyridine rings is 1. The molecule has 4 rings (SSSR count). The molecular formula is C25H24N2O2. The average molecular weight is 384 g/mol. The SMILES string of the molecule is COc1ccc(CCNc2cc(-c3ccc(OC)cc3)nc3ccccc23)cc1. The Bertz CT molecular complexity index is 1090. The minimum absolute atomic E-state index is 0.836. The van der Waals surface area contributed by atoms with Gasteiger partial charge in [0.1, 0.15) is 11.5 Å². The monoisotopic (exact) mass is 384 g/mol. The molecule has 4 nitrogen and oxygen atoms in total. The van der Waals surface area contributed by atoms with Crippen molar-refractivity contribution in [2.45, 2.75) is 6.42 Å². The molecule has 0 aliphatic heterocycles. The molecule has 0 fully saturated rings. The van der Waals surface area contributed by atoms with E-state index in [1.54, 1.807) is 14.2 Å². The molecule has 0 radical (unpaired) electrons. The van der Waals surface area contributed by atoms with Crippen molar-refractivity contribution in [1.29, 1.82) is 0 Å². The van der Waals surface area contributed by atoms with Gasteiger partial charge in [-0.3, -0.25) is 0 Å². The second-order valence-electron chi connectivity index (χ2n) is 6.83. The van der Waals surface area contributed by atoms with Gasteiger partial charge in [0.15, 0.2) is 0 Å². The van der Waals surface area contributed by atoms with Crippen molar-refractivity contribution in [2.24, 2.45) is 0 Å². The van der Waals surface area contributed by atoms with Gasteiger partial charge in [-0.1, -0.05) is 30.3 Å². The number of ether oxygens (including phenoxy) is 2. The van der Waals surface area contributed by atoms with E-state index in [0.29, 0.717) is 0 Å². The van der Waals surface area contributed by atoms with E-state index >= 15 is 0 Å². The molecule has 1 aromatic heterocycles. The highest BCUT2D eigenvalue weighted by Gasteiger charge is 2.08. The van der Waals surface area contributed by atoms with Gasteiger partial charge in [0, 0.05) is 23.2 Å². The third-order valence-electron chi connectivity index (χ3n) is 4.99. The molecule has 29 heavy (non-hydrogen) atoms. The second-order valence-corrected chi connectivity index (χ2v) is 6.83. The lowest BCUT2D eigenvalue weighted by molar-refractivity contribution is 0.414. The minimum Gasteiger partial charge on any atom is -0.497 e. The van der Waals surface area contributed by atoms with Crippen LogP contribution in [0.15, 0.2) is 78.9 Å². The van der Waals surface area contributed by atoms with Crippen LogP contribution in [-0.4, -0.2) is 25.7 Å². The first-order chi connectivity index (χ1) is 14.3. The summed E-state index contributed by atoms with van der Waals surface area (Å²) in [6.07, 6.45) is 0.929. The van der Waals surface area contributed by atoms with Crippen molar-refractivity contribution in [3.8, 4) is 22.8 Å². The number of rotatable bonds is 7. The fourth-order valence-corrected chi connectivity index (χ4v) is 3.37. The van der Waals surface area contributed by atoms with Gasteiger partial charge in [0.25, 0.3) is 0 Å².